The maximum Gasteiger partial charge on any atom is 0.338 e. The van der Waals surface area contributed by atoms with Crippen LogP contribution in [0, 0.1) is 0 Å². The molecule has 0 saturated carbocycles. The molecule has 8 heteroatoms. The predicted molar refractivity (Wildman–Crippen MR) is 108 cm³/mol. The number of methoxy groups -OCH3 is 3. The Morgan fingerprint density at radius 3 is 2.43 bits per heavy atom. The Morgan fingerprint density at radius 2 is 1.82 bits per heavy atom. The number of nitrogens with zero attached hydrogens (tertiary/aromatic N) is 3. The van der Waals surface area contributed by atoms with Crippen LogP contribution in [0.2, 0.25) is 0 Å². The van der Waals surface area contributed by atoms with Crippen molar-refractivity contribution < 1.29 is 19.0 Å². The van der Waals surface area contributed by atoms with E-state index < -0.39 is 0 Å². The number of hydrogen-bond acceptors (Lipinski definition) is 8. The highest BCUT2D eigenvalue weighted by molar-refractivity contribution is 7.09. The maximum absolute atomic E-state index is 12.3. The van der Waals surface area contributed by atoms with Crippen LogP contribution in [-0.2, 0) is 17.8 Å². The minimum Gasteiger partial charge on any atom is -0.497 e. The zero-order chi connectivity index (χ0) is 19.9. The van der Waals surface area contributed by atoms with Gasteiger partial charge in [0.15, 0.2) is 0 Å². The summed E-state index contributed by atoms with van der Waals surface area (Å²) in [6.45, 7) is 5.41. The molecule has 1 aliphatic heterocycles. The molecule has 1 aromatic carbocycles. The van der Waals surface area contributed by atoms with E-state index in [2.05, 4.69) is 14.8 Å². The first-order valence-corrected chi connectivity index (χ1v) is 10.2. The van der Waals surface area contributed by atoms with Crippen molar-refractivity contribution in [2.45, 2.75) is 19.5 Å². The second-order valence-electron chi connectivity index (χ2n) is 6.68. The molecule has 0 aliphatic carbocycles. The van der Waals surface area contributed by atoms with E-state index in [1.165, 1.54) is 7.11 Å². The molecular formula is C20H27N3O4S. The van der Waals surface area contributed by atoms with Gasteiger partial charge in [0, 0.05) is 42.8 Å². The van der Waals surface area contributed by atoms with E-state index in [9.17, 15) is 4.79 Å². The van der Waals surface area contributed by atoms with Gasteiger partial charge in [-0.1, -0.05) is 0 Å². The van der Waals surface area contributed by atoms with Crippen LogP contribution in [0.4, 0.5) is 0 Å². The van der Waals surface area contributed by atoms with Gasteiger partial charge in [-0.05, 0) is 25.6 Å². The van der Waals surface area contributed by atoms with E-state index in [0.717, 1.165) is 49.7 Å². The first-order chi connectivity index (χ1) is 13.6. The van der Waals surface area contributed by atoms with Crippen LogP contribution in [0.15, 0.2) is 23.7 Å². The number of carbonyl (C=O) groups is 1. The number of esters is 1. The lowest BCUT2D eigenvalue weighted by atomic mass is 10.0. The van der Waals surface area contributed by atoms with Gasteiger partial charge < -0.3 is 14.2 Å². The minimum atomic E-state index is -0.382. The summed E-state index contributed by atoms with van der Waals surface area (Å²) in [6.07, 6.45) is 2.92. The monoisotopic (exact) mass is 405 g/mol. The van der Waals surface area contributed by atoms with Crippen LogP contribution in [0.5, 0.6) is 11.5 Å². The smallest absolute Gasteiger partial charge is 0.338 e. The molecule has 0 N–H and O–H groups in total. The number of benzene rings is 1. The van der Waals surface area contributed by atoms with Crippen molar-refractivity contribution in [3.8, 4) is 11.5 Å². The van der Waals surface area contributed by atoms with Crippen LogP contribution in [-0.4, -0.2) is 68.3 Å². The van der Waals surface area contributed by atoms with Crippen molar-refractivity contribution in [1.29, 1.82) is 0 Å². The fourth-order valence-corrected chi connectivity index (χ4v) is 4.12. The number of ether oxygens (including phenoxy) is 3. The molecule has 1 fully saturated rings. The van der Waals surface area contributed by atoms with Crippen LogP contribution in [0.1, 0.15) is 27.3 Å². The fourth-order valence-electron chi connectivity index (χ4n) is 3.46. The van der Waals surface area contributed by atoms with Gasteiger partial charge in [-0.25, -0.2) is 9.78 Å². The summed E-state index contributed by atoms with van der Waals surface area (Å²) >= 11 is 1.70. The van der Waals surface area contributed by atoms with Gasteiger partial charge in [-0.2, -0.15) is 0 Å². The van der Waals surface area contributed by atoms with Crippen LogP contribution in [0.25, 0.3) is 0 Å². The summed E-state index contributed by atoms with van der Waals surface area (Å²) in [6, 6.07) is 3.53. The molecular weight excluding hydrogens is 378 g/mol. The number of thiazole rings is 1. The molecule has 3 rings (SSSR count). The largest absolute Gasteiger partial charge is 0.497 e. The molecule has 1 aliphatic rings. The Kier molecular flexibility index (Phi) is 7.24. The van der Waals surface area contributed by atoms with Gasteiger partial charge in [0.1, 0.15) is 16.5 Å². The number of carbonyl (C=O) groups excluding carboxylic acids is 1. The first-order valence-electron chi connectivity index (χ1n) is 9.31. The highest BCUT2D eigenvalue weighted by Gasteiger charge is 2.23. The molecule has 0 spiro atoms. The number of hydrogen-bond donors (Lipinski definition) is 0. The van der Waals surface area contributed by atoms with E-state index >= 15 is 0 Å². The summed E-state index contributed by atoms with van der Waals surface area (Å²) in [4.78, 5) is 21.5. The number of aromatic nitrogens is 1. The molecule has 0 radical (unpaired) electrons. The van der Waals surface area contributed by atoms with Crippen molar-refractivity contribution >= 4 is 17.3 Å². The topological polar surface area (TPSA) is 64.1 Å². The van der Waals surface area contributed by atoms with Crippen molar-refractivity contribution in [2.24, 2.45) is 0 Å². The summed E-state index contributed by atoms with van der Waals surface area (Å²) in [5.41, 5.74) is 1.33. The lowest BCUT2D eigenvalue weighted by Gasteiger charge is -2.23. The standard InChI is InChI=1S/C20H27N3O4S/c1-25-15-11-16(20(24)27-3)17(18(12-15)26-2)13-22-6-4-7-23(9-8-22)14-19-21-5-10-28-19/h5,10-12H,4,6-9,13-14H2,1-3H3. The Labute approximate surface area is 169 Å². The van der Waals surface area contributed by atoms with Gasteiger partial charge in [0.05, 0.1) is 33.4 Å². The van der Waals surface area contributed by atoms with Gasteiger partial charge in [0.25, 0.3) is 0 Å². The Hall–Kier alpha value is -2.16. The van der Waals surface area contributed by atoms with Crippen molar-refractivity contribution in [1.82, 2.24) is 14.8 Å². The first kappa shape index (κ1) is 20.6. The third-order valence-electron chi connectivity index (χ3n) is 4.95. The SMILES string of the molecule is COC(=O)c1cc(OC)cc(OC)c1CN1CCCN(Cc2nccs2)CC1. The molecule has 1 saturated heterocycles. The zero-order valence-corrected chi connectivity index (χ0v) is 17.5. The lowest BCUT2D eigenvalue weighted by Crippen LogP contribution is -2.31. The van der Waals surface area contributed by atoms with E-state index in [1.54, 1.807) is 31.6 Å². The quantitative estimate of drug-likeness (QED) is 0.656. The van der Waals surface area contributed by atoms with Crippen LogP contribution in [0.3, 0.4) is 0 Å². The van der Waals surface area contributed by atoms with E-state index in [4.69, 9.17) is 14.2 Å². The van der Waals surface area contributed by atoms with Crippen molar-refractivity contribution in [2.75, 3.05) is 47.5 Å². The molecule has 1 aromatic heterocycles. The third-order valence-corrected chi connectivity index (χ3v) is 5.71. The second kappa shape index (κ2) is 9.86. The summed E-state index contributed by atoms with van der Waals surface area (Å²) < 4.78 is 15.8. The van der Waals surface area contributed by atoms with Gasteiger partial charge in [-0.3, -0.25) is 9.80 Å². The van der Waals surface area contributed by atoms with Gasteiger partial charge in [0.2, 0.25) is 0 Å². The Bertz CT molecular complexity index is 782. The molecule has 2 heterocycles. The molecule has 2 aromatic rings. The summed E-state index contributed by atoms with van der Waals surface area (Å²) in [7, 11) is 4.57. The highest BCUT2D eigenvalue weighted by Crippen LogP contribution is 2.31. The van der Waals surface area contributed by atoms with E-state index in [-0.39, 0.29) is 5.97 Å². The number of rotatable bonds is 7. The molecule has 0 bridgehead atoms. The normalized spacial score (nSPS) is 15.8. The summed E-state index contributed by atoms with van der Waals surface area (Å²) in [5, 5.41) is 3.17. The van der Waals surface area contributed by atoms with Crippen LogP contribution < -0.4 is 9.47 Å². The van der Waals surface area contributed by atoms with E-state index in [1.807, 2.05) is 17.6 Å². The highest BCUT2D eigenvalue weighted by atomic mass is 32.1. The molecule has 0 atom stereocenters. The molecule has 0 amide bonds. The summed E-state index contributed by atoms with van der Waals surface area (Å²) in [5.74, 6) is 0.836. The molecule has 7 nitrogen and oxygen atoms in total. The average molecular weight is 406 g/mol. The lowest BCUT2D eigenvalue weighted by molar-refractivity contribution is 0.0597. The van der Waals surface area contributed by atoms with Crippen molar-refractivity contribution in [3.63, 3.8) is 0 Å². The Balaban J connectivity index is 1.74. The van der Waals surface area contributed by atoms with Crippen LogP contribution >= 0.6 is 11.3 Å². The van der Waals surface area contributed by atoms with Crippen molar-refractivity contribution in [3.05, 3.63) is 39.8 Å². The molecule has 152 valence electrons. The Morgan fingerprint density at radius 1 is 1.07 bits per heavy atom. The average Bonchev–Trinajstić information content (AvgIpc) is 3.13. The molecule has 0 unspecified atom stereocenters. The maximum atomic E-state index is 12.3. The second-order valence-corrected chi connectivity index (χ2v) is 7.66. The molecule has 28 heavy (non-hydrogen) atoms. The van der Waals surface area contributed by atoms with E-state index in [0.29, 0.717) is 23.6 Å². The fraction of sp³-hybridized carbons (Fsp3) is 0.500. The third kappa shape index (κ3) is 5.01. The minimum absolute atomic E-state index is 0.382. The van der Waals surface area contributed by atoms with Gasteiger partial charge in [-0.15, -0.1) is 11.3 Å². The zero-order valence-electron chi connectivity index (χ0n) is 16.6. The predicted octanol–water partition coefficient (Wildman–Crippen LogP) is 2.65. The van der Waals surface area contributed by atoms with Gasteiger partial charge >= 0.3 is 5.97 Å².